The van der Waals surface area contributed by atoms with Gasteiger partial charge in [0.1, 0.15) is 5.82 Å². The number of aromatic nitrogens is 2. The molecule has 2 N–H and O–H groups in total. The van der Waals surface area contributed by atoms with Crippen molar-refractivity contribution in [3.8, 4) is 0 Å². The fraction of sp³-hybridized carbons (Fsp3) is 0.444. The summed E-state index contributed by atoms with van der Waals surface area (Å²) in [5.74, 6) is 0.489. The second-order valence-corrected chi connectivity index (χ2v) is 3.25. The van der Waals surface area contributed by atoms with Crippen LogP contribution >= 0.6 is 0 Å². The van der Waals surface area contributed by atoms with Crippen LogP contribution in [0.15, 0.2) is 12.4 Å². The zero-order valence-corrected chi connectivity index (χ0v) is 7.64. The molecule has 1 aromatic heterocycles. The third-order valence-corrected chi connectivity index (χ3v) is 2.25. The Bertz CT molecular complexity index is 330. The second-order valence-electron chi connectivity index (χ2n) is 3.25. The van der Waals surface area contributed by atoms with Crippen LogP contribution in [0.5, 0.6) is 0 Å². The Morgan fingerprint density at radius 2 is 2.21 bits per heavy atom. The van der Waals surface area contributed by atoms with E-state index in [1.165, 1.54) is 12.4 Å². The summed E-state index contributed by atoms with van der Waals surface area (Å²) < 4.78 is 5.22. The fourth-order valence-corrected chi connectivity index (χ4v) is 1.41. The van der Waals surface area contributed by atoms with Gasteiger partial charge in [0.2, 0.25) is 0 Å². The van der Waals surface area contributed by atoms with Gasteiger partial charge in [0.05, 0.1) is 12.2 Å². The minimum absolute atomic E-state index is 0.261. The third kappa shape index (κ3) is 1.72. The average molecular weight is 193 g/mol. The summed E-state index contributed by atoms with van der Waals surface area (Å²) in [6.45, 7) is 1.42. The highest BCUT2D eigenvalue weighted by atomic mass is 16.5. The minimum atomic E-state index is -0.501. The van der Waals surface area contributed by atoms with Gasteiger partial charge in [-0.15, -0.1) is 0 Å². The van der Waals surface area contributed by atoms with Crippen molar-refractivity contribution in [1.82, 2.24) is 9.97 Å². The van der Waals surface area contributed by atoms with Crippen molar-refractivity contribution in [3.05, 3.63) is 23.8 Å². The minimum Gasteiger partial charge on any atom is -0.381 e. The van der Waals surface area contributed by atoms with Crippen LogP contribution in [-0.2, 0) is 4.74 Å². The van der Waals surface area contributed by atoms with E-state index < -0.39 is 5.91 Å². The average Bonchev–Trinajstić information content (AvgIpc) is 2.71. The number of carbonyl (C=O) groups is 1. The van der Waals surface area contributed by atoms with Gasteiger partial charge in [-0.05, 0) is 6.42 Å². The van der Waals surface area contributed by atoms with E-state index in [1.807, 2.05) is 0 Å². The van der Waals surface area contributed by atoms with Gasteiger partial charge >= 0.3 is 0 Å². The van der Waals surface area contributed by atoms with Crippen molar-refractivity contribution < 1.29 is 9.53 Å². The molecular weight excluding hydrogens is 182 g/mol. The normalized spacial score (nSPS) is 21.0. The van der Waals surface area contributed by atoms with E-state index in [2.05, 4.69) is 9.97 Å². The van der Waals surface area contributed by atoms with Crippen molar-refractivity contribution in [2.24, 2.45) is 5.73 Å². The van der Waals surface area contributed by atoms with E-state index >= 15 is 0 Å². The SMILES string of the molecule is NC(=O)c1cnc(C2CCOC2)nc1. The van der Waals surface area contributed by atoms with Gasteiger partial charge in [0.25, 0.3) is 5.91 Å². The number of nitrogens with two attached hydrogens (primary N) is 1. The lowest BCUT2D eigenvalue weighted by Crippen LogP contribution is -2.13. The van der Waals surface area contributed by atoms with Crippen molar-refractivity contribution in [3.63, 3.8) is 0 Å². The molecule has 0 bridgehead atoms. The number of ether oxygens (including phenoxy) is 1. The van der Waals surface area contributed by atoms with E-state index in [1.54, 1.807) is 0 Å². The molecule has 1 aliphatic heterocycles. The maximum atomic E-state index is 10.8. The number of carbonyl (C=O) groups excluding carboxylic acids is 1. The first kappa shape index (κ1) is 9.08. The van der Waals surface area contributed by atoms with Gasteiger partial charge in [-0.3, -0.25) is 4.79 Å². The van der Waals surface area contributed by atoms with Crippen LogP contribution in [0.2, 0.25) is 0 Å². The van der Waals surface area contributed by atoms with Gasteiger partial charge in [-0.2, -0.15) is 0 Å². The van der Waals surface area contributed by atoms with Crippen molar-refractivity contribution in [2.45, 2.75) is 12.3 Å². The Morgan fingerprint density at radius 3 is 2.71 bits per heavy atom. The van der Waals surface area contributed by atoms with Crippen LogP contribution in [0, 0.1) is 0 Å². The first-order valence-electron chi connectivity index (χ1n) is 4.47. The van der Waals surface area contributed by atoms with E-state index in [4.69, 9.17) is 10.5 Å². The van der Waals surface area contributed by atoms with E-state index in [0.717, 1.165) is 18.9 Å². The molecule has 5 nitrogen and oxygen atoms in total. The van der Waals surface area contributed by atoms with Gasteiger partial charge in [-0.1, -0.05) is 0 Å². The lowest BCUT2D eigenvalue weighted by molar-refractivity contribution is 0.0999. The smallest absolute Gasteiger partial charge is 0.251 e. The molecule has 1 fully saturated rings. The molecule has 0 saturated carbocycles. The molecule has 0 spiro atoms. The fourth-order valence-electron chi connectivity index (χ4n) is 1.41. The lowest BCUT2D eigenvalue weighted by Gasteiger charge is -2.04. The summed E-state index contributed by atoms with van der Waals surface area (Å²) >= 11 is 0. The maximum absolute atomic E-state index is 10.8. The van der Waals surface area contributed by atoms with Crippen LogP contribution < -0.4 is 5.73 Å². The quantitative estimate of drug-likeness (QED) is 0.721. The molecule has 1 aliphatic rings. The molecule has 2 rings (SSSR count). The monoisotopic (exact) mass is 193 g/mol. The largest absolute Gasteiger partial charge is 0.381 e. The molecule has 5 heteroatoms. The highest BCUT2D eigenvalue weighted by Crippen LogP contribution is 2.21. The molecule has 1 amide bonds. The molecule has 0 aliphatic carbocycles. The Labute approximate surface area is 81.3 Å². The molecule has 1 atom stereocenters. The summed E-state index contributed by atoms with van der Waals surface area (Å²) in [5, 5.41) is 0. The van der Waals surface area contributed by atoms with Crippen LogP contribution in [0.3, 0.4) is 0 Å². The standard InChI is InChI=1S/C9H11N3O2/c10-8(13)7-3-11-9(12-4-7)6-1-2-14-5-6/h3-4,6H,1-2,5H2,(H2,10,13). The van der Waals surface area contributed by atoms with Gasteiger partial charge in [0.15, 0.2) is 0 Å². The van der Waals surface area contributed by atoms with Crippen molar-refractivity contribution in [1.29, 1.82) is 0 Å². The zero-order valence-electron chi connectivity index (χ0n) is 7.64. The van der Waals surface area contributed by atoms with E-state index in [9.17, 15) is 4.79 Å². The predicted octanol–water partition coefficient (Wildman–Crippen LogP) is 0.0794. The summed E-state index contributed by atoms with van der Waals surface area (Å²) in [6.07, 6.45) is 3.86. The van der Waals surface area contributed by atoms with Gasteiger partial charge in [-0.25, -0.2) is 9.97 Å². The molecule has 0 radical (unpaired) electrons. The molecule has 0 aromatic carbocycles. The lowest BCUT2D eigenvalue weighted by atomic mass is 10.1. The van der Waals surface area contributed by atoms with Crippen molar-refractivity contribution >= 4 is 5.91 Å². The number of nitrogens with zero attached hydrogens (tertiary/aromatic N) is 2. The molecule has 1 saturated heterocycles. The first-order chi connectivity index (χ1) is 6.77. The molecule has 2 heterocycles. The van der Waals surface area contributed by atoms with E-state index in [-0.39, 0.29) is 5.92 Å². The number of rotatable bonds is 2. The van der Waals surface area contributed by atoms with Crippen LogP contribution in [0.25, 0.3) is 0 Å². The Hall–Kier alpha value is -1.49. The number of primary amides is 1. The Balaban J connectivity index is 2.16. The van der Waals surface area contributed by atoms with Gasteiger partial charge in [0, 0.05) is 24.9 Å². The molecular formula is C9H11N3O2. The van der Waals surface area contributed by atoms with Crippen LogP contribution in [-0.4, -0.2) is 29.1 Å². The molecule has 1 aromatic rings. The summed E-state index contributed by atoms with van der Waals surface area (Å²) in [5.41, 5.74) is 5.41. The summed E-state index contributed by atoms with van der Waals surface area (Å²) in [4.78, 5) is 18.9. The molecule has 74 valence electrons. The summed E-state index contributed by atoms with van der Waals surface area (Å²) in [7, 11) is 0. The first-order valence-corrected chi connectivity index (χ1v) is 4.47. The molecule has 14 heavy (non-hydrogen) atoms. The topological polar surface area (TPSA) is 78.1 Å². The van der Waals surface area contributed by atoms with Crippen LogP contribution in [0.1, 0.15) is 28.5 Å². The highest BCUT2D eigenvalue weighted by molar-refractivity contribution is 5.92. The van der Waals surface area contributed by atoms with Crippen molar-refractivity contribution in [2.75, 3.05) is 13.2 Å². The van der Waals surface area contributed by atoms with E-state index in [0.29, 0.717) is 12.2 Å². The highest BCUT2D eigenvalue weighted by Gasteiger charge is 2.20. The number of amides is 1. The zero-order chi connectivity index (χ0) is 9.97. The number of hydrogen-bond acceptors (Lipinski definition) is 4. The predicted molar refractivity (Wildman–Crippen MR) is 48.7 cm³/mol. The Morgan fingerprint density at radius 1 is 1.50 bits per heavy atom. The number of hydrogen-bond donors (Lipinski definition) is 1. The molecule has 1 unspecified atom stereocenters. The Kier molecular flexibility index (Phi) is 2.41. The maximum Gasteiger partial charge on any atom is 0.251 e. The van der Waals surface area contributed by atoms with Crippen LogP contribution in [0.4, 0.5) is 0 Å². The van der Waals surface area contributed by atoms with Gasteiger partial charge < -0.3 is 10.5 Å². The second kappa shape index (κ2) is 3.71. The third-order valence-electron chi connectivity index (χ3n) is 2.25. The summed E-state index contributed by atoms with van der Waals surface area (Å²) in [6, 6.07) is 0.